The Morgan fingerprint density at radius 2 is 2.06 bits per heavy atom. The van der Waals surface area contributed by atoms with Gasteiger partial charge in [0.2, 0.25) is 5.91 Å². The highest BCUT2D eigenvalue weighted by atomic mass is 79.9. The van der Waals surface area contributed by atoms with Crippen molar-refractivity contribution in [2.75, 3.05) is 19.1 Å². The van der Waals surface area contributed by atoms with Gasteiger partial charge in [0.15, 0.2) is 0 Å². The summed E-state index contributed by atoms with van der Waals surface area (Å²) in [6, 6.07) is 5.22. The maximum Gasteiger partial charge on any atom is 0.303 e. The summed E-state index contributed by atoms with van der Waals surface area (Å²) in [5, 5.41) is 8.53. The minimum atomic E-state index is -0.979. The number of carboxylic acids is 1. The molecule has 0 aliphatic carbocycles. The first-order valence-corrected chi connectivity index (χ1v) is 6.07. The fourth-order valence-electron chi connectivity index (χ4n) is 1.39. The zero-order chi connectivity index (χ0) is 13.7. The van der Waals surface area contributed by atoms with E-state index in [4.69, 9.17) is 9.84 Å². The highest BCUT2D eigenvalue weighted by Gasteiger charge is 2.13. The summed E-state index contributed by atoms with van der Waals surface area (Å²) in [5.74, 6) is -0.549. The number of hydrogen-bond donors (Lipinski definition) is 1. The van der Waals surface area contributed by atoms with E-state index >= 15 is 0 Å². The van der Waals surface area contributed by atoms with Crippen LogP contribution in [0.25, 0.3) is 0 Å². The molecule has 0 heterocycles. The quantitative estimate of drug-likeness (QED) is 0.905. The van der Waals surface area contributed by atoms with Gasteiger partial charge in [-0.05, 0) is 34.1 Å². The molecule has 0 atom stereocenters. The van der Waals surface area contributed by atoms with Gasteiger partial charge in [-0.15, -0.1) is 0 Å². The number of halogens is 1. The molecule has 0 aromatic heterocycles. The third kappa shape index (κ3) is 3.73. The van der Waals surface area contributed by atoms with Crippen LogP contribution in [0, 0.1) is 0 Å². The Bertz CT molecular complexity index is 461. The second-order valence-corrected chi connectivity index (χ2v) is 4.52. The highest BCUT2D eigenvalue weighted by molar-refractivity contribution is 9.10. The van der Waals surface area contributed by atoms with Crippen molar-refractivity contribution < 1.29 is 19.4 Å². The second kappa shape index (κ2) is 6.39. The molecule has 5 nitrogen and oxygen atoms in total. The predicted molar refractivity (Wildman–Crippen MR) is 71.0 cm³/mol. The molecule has 0 bridgehead atoms. The number of rotatable bonds is 5. The molecule has 1 amide bonds. The van der Waals surface area contributed by atoms with Gasteiger partial charge in [-0.25, -0.2) is 0 Å². The van der Waals surface area contributed by atoms with Gasteiger partial charge in [-0.2, -0.15) is 0 Å². The number of carboxylic acid groups (broad SMARTS) is 1. The van der Waals surface area contributed by atoms with Gasteiger partial charge in [0.1, 0.15) is 5.75 Å². The minimum Gasteiger partial charge on any atom is -0.496 e. The van der Waals surface area contributed by atoms with Crippen LogP contribution in [0.5, 0.6) is 5.75 Å². The summed E-state index contributed by atoms with van der Waals surface area (Å²) < 4.78 is 5.83. The van der Waals surface area contributed by atoms with Crippen molar-refractivity contribution in [3.63, 3.8) is 0 Å². The lowest BCUT2D eigenvalue weighted by molar-refractivity contribution is -0.138. The van der Waals surface area contributed by atoms with Crippen molar-refractivity contribution in [3.8, 4) is 5.75 Å². The average Bonchev–Trinajstić information content (AvgIpc) is 2.34. The molecule has 98 valence electrons. The Hall–Kier alpha value is -1.56. The van der Waals surface area contributed by atoms with Crippen LogP contribution in [0.1, 0.15) is 12.8 Å². The van der Waals surface area contributed by atoms with Crippen LogP contribution in [-0.2, 0) is 9.59 Å². The molecular weight excluding hydrogens is 302 g/mol. The fraction of sp³-hybridized carbons (Fsp3) is 0.333. The number of carbonyl (C=O) groups is 2. The van der Waals surface area contributed by atoms with Crippen LogP contribution < -0.4 is 9.64 Å². The summed E-state index contributed by atoms with van der Waals surface area (Å²) in [6.45, 7) is 0. The number of ether oxygens (including phenoxy) is 1. The summed E-state index contributed by atoms with van der Waals surface area (Å²) >= 11 is 3.33. The molecule has 0 fully saturated rings. The lowest BCUT2D eigenvalue weighted by Crippen LogP contribution is -2.26. The first kappa shape index (κ1) is 14.5. The third-order valence-corrected chi connectivity index (χ3v) is 3.07. The van der Waals surface area contributed by atoms with E-state index in [0.29, 0.717) is 11.4 Å². The van der Waals surface area contributed by atoms with Gasteiger partial charge in [0.05, 0.1) is 18.0 Å². The molecule has 0 spiro atoms. The summed E-state index contributed by atoms with van der Waals surface area (Å²) in [4.78, 5) is 23.6. The molecule has 1 aromatic carbocycles. The molecule has 0 unspecified atom stereocenters. The topological polar surface area (TPSA) is 66.8 Å². The van der Waals surface area contributed by atoms with Crippen molar-refractivity contribution in [2.45, 2.75) is 12.8 Å². The van der Waals surface area contributed by atoms with Gasteiger partial charge in [0, 0.05) is 19.2 Å². The van der Waals surface area contributed by atoms with E-state index in [1.54, 1.807) is 32.4 Å². The van der Waals surface area contributed by atoms with Crippen LogP contribution in [0.4, 0.5) is 5.69 Å². The number of hydrogen-bond acceptors (Lipinski definition) is 3. The average molecular weight is 316 g/mol. The Labute approximate surface area is 113 Å². The monoisotopic (exact) mass is 315 g/mol. The zero-order valence-electron chi connectivity index (χ0n) is 10.1. The van der Waals surface area contributed by atoms with Crippen molar-refractivity contribution in [2.24, 2.45) is 0 Å². The number of amides is 1. The van der Waals surface area contributed by atoms with Crippen LogP contribution >= 0.6 is 15.9 Å². The standard InChI is InChI=1S/C12H14BrNO4/c1-14(11(15)5-6-12(16)17)8-3-4-10(18-2)9(13)7-8/h3-4,7H,5-6H2,1-2H3,(H,16,17). The second-order valence-electron chi connectivity index (χ2n) is 3.67. The highest BCUT2D eigenvalue weighted by Crippen LogP contribution is 2.29. The van der Waals surface area contributed by atoms with Crippen LogP contribution in [0.3, 0.4) is 0 Å². The SMILES string of the molecule is COc1ccc(N(C)C(=O)CCC(=O)O)cc1Br. The first-order valence-electron chi connectivity index (χ1n) is 5.27. The lowest BCUT2D eigenvalue weighted by Gasteiger charge is -2.18. The van der Waals surface area contributed by atoms with Gasteiger partial charge >= 0.3 is 5.97 Å². The van der Waals surface area contributed by atoms with Crippen LogP contribution in [0.15, 0.2) is 22.7 Å². The van der Waals surface area contributed by atoms with E-state index in [9.17, 15) is 9.59 Å². The predicted octanol–water partition coefficient (Wildman–Crippen LogP) is 2.29. The summed E-state index contributed by atoms with van der Waals surface area (Å²) in [6.07, 6.45) is -0.185. The number of nitrogens with zero attached hydrogens (tertiary/aromatic N) is 1. The van der Waals surface area contributed by atoms with Gasteiger partial charge in [0.25, 0.3) is 0 Å². The maximum absolute atomic E-state index is 11.7. The Balaban J connectivity index is 2.77. The van der Waals surface area contributed by atoms with Crippen molar-refractivity contribution in [3.05, 3.63) is 22.7 Å². The molecular formula is C12H14BrNO4. The summed E-state index contributed by atoms with van der Waals surface area (Å²) in [5.41, 5.74) is 0.679. The molecule has 18 heavy (non-hydrogen) atoms. The molecule has 1 N–H and O–H groups in total. The lowest BCUT2D eigenvalue weighted by atomic mass is 10.2. The molecule has 0 saturated carbocycles. The Kier molecular flexibility index (Phi) is 5.15. The molecule has 0 saturated heterocycles. The molecule has 1 aromatic rings. The first-order chi connectivity index (χ1) is 8.45. The molecule has 0 aliphatic heterocycles. The van der Waals surface area contributed by atoms with E-state index in [1.165, 1.54) is 4.90 Å². The van der Waals surface area contributed by atoms with E-state index in [2.05, 4.69) is 15.9 Å². The normalized spacial score (nSPS) is 9.94. The number of methoxy groups -OCH3 is 1. The van der Waals surface area contributed by atoms with Gasteiger partial charge in [-0.1, -0.05) is 0 Å². The zero-order valence-corrected chi connectivity index (χ0v) is 11.7. The molecule has 6 heteroatoms. The van der Waals surface area contributed by atoms with Crippen LogP contribution in [-0.4, -0.2) is 31.1 Å². The van der Waals surface area contributed by atoms with Crippen molar-refractivity contribution in [1.29, 1.82) is 0 Å². The number of aliphatic carboxylic acids is 1. The number of benzene rings is 1. The van der Waals surface area contributed by atoms with E-state index in [1.807, 2.05) is 0 Å². The molecule has 0 aliphatic rings. The van der Waals surface area contributed by atoms with Gasteiger partial charge < -0.3 is 14.7 Å². The van der Waals surface area contributed by atoms with E-state index in [0.717, 1.165) is 4.47 Å². The fourth-order valence-corrected chi connectivity index (χ4v) is 1.92. The number of carbonyl (C=O) groups excluding carboxylic acids is 1. The molecule has 1 rings (SSSR count). The van der Waals surface area contributed by atoms with Crippen molar-refractivity contribution in [1.82, 2.24) is 0 Å². The minimum absolute atomic E-state index is 0.0184. The van der Waals surface area contributed by atoms with Crippen molar-refractivity contribution >= 4 is 33.5 Å². The Morgan fingerprint density at radius 1 is 1.39 bits per heavy atom. The number of anilines is 1. The van der Waals surface area contributed by atoms with Crippen LogP contribution in [0.2, 0.25) is 0 Å². The third-order valence-electron chi connectivity index (χ3n) is 2.45. The largest absolute Gasteiger partial charge is 0.496 e. The van der Waals surface area contributed by atoms with E-state index < -0.39 is 5.97 Å². The van der Waals surface area contributed by atoms with Gasteiger partial charge in [-0.3, -0.25) is 9.59 Å². The Morgan fingerprint density at radius 3 is 2.56 bits per heavy atom. The molecule has 0 radical (unpaired) electrons. The maximum atomic E-state index is 11.7. The van der Waals surface area contributed by atoms with E-state index in [-0.39, 0.29) is 18.7 Å². The summed E-state index contributed by atoms with van der Waals surface area (Å²) in [7, 11) is 3.17. The smallest absolute Gasteiger partial charge is 0.303 e.